The van der Waals surface area contributed by atoms with Crippen molar-refractivity contribution in [2.45, 2.75) is 45.1 Å². The van der Waals surface area contributed by atoms with Crippen LogP contribution in [0, 0.1) is 6.92 Å². The summed E-state index contributed by atoms with van der Waals surface area (Å²) in [6.45, 7) is 6.23. The van der Waals surface area contributed by atoms with Crippen LogP contribution in [0.4, 0.5) is 0 Å². The van der Waals surface area contributed by atoms with Crippen molar-refractivity contribution in [3.05, 3.63) is 58.1 Å². The number of hydrogen-bond donors (Lipinski definition) is 1. The zero-order valence-corrected chi connectivity index (χ0v) is 14.3. The monoisotopic (exact) mass is 329 g/mol. The van der Waals surface area contributed by atoms with E-state index in [1.807, 2.05) is 6.07 Å². The van der Waals surface area contributed by atoms with E-state index in [1.165, 1.54) is 17.3 Å². The zero-order chi connectivity index (χ0) is 16.6. The number of rotatable bonds is 2. The summed E-state index contributed by atoms with van der Waals surface area (Å²) in [7, 11) is 0. The Labute approximate surface area is 141 Å². The van der Waals surface area contributed by atoms with Gasteiger partial charge >= 0.3 is 0 Å². The van der Waals surface area contributed by atoms with Gasteiger partial charge in [-0.1, -0.05) is 49.7 Å². The van der Waals surface area contributed by atoms with Gasteiger partial charge in [0.25, 0.3) is 5.91 Å². The smallest absolute Gasteiger partial charge is 0.272 e. The number of aryl methyl sites for hydroxylation is 1. The maximum absolute atomic E-state index is 12.6. The van der Waals surface area contributed by atoms with Gasteiger partial charge in [-0.2, -0.15) is 0 Å². The molecule has 0 radical (unpaired) electrons. The summed E-state index contributed by atoms with van der Waals surface area (Å²) >= 11 is 6.07. The van der Waals surface area contributed by atoms with Crippen molar-refractivity contribution in [2.75, 3.05) is 0 Å². The fraction of sp³-hybridized carbons (Fsp3) is 0.389. The Balaban J connectivity index is 1.89. The molecule has 0 aliphatic heterocycles. The largest absolute Gasteiger partial charge is 0.344 e. The summed E-state index contributed by atoms with van der Waals surface area (Å²) < 4.78 is 0. The molecule has 1 aromatic heterocycles. The standard InChI is InChI=1S/C18H20ClN3O/c1-11-20-10-14(19)16(21-11)17(23)22-15-8-9-18(2,3)13-7-5-4-6-12(13)15/h4-7,10,15H,8-9H2,1-3H3,(H,22,23)/t15-/m1/s1. The number of aromatic nitrogens is 2. The maximum Gasteiger partial charge on any atom is 0.272 e. The molecule has 5 heteroatoms. The second-order valence-corrected chi connectivity index (χ2v) is 7.06. The highest BCUT2D eigenvalue weighted by atomic mass is 35.5. The molecule has 0 bridgehead atoms. The lowest BCUT2D eigenvalue weighted by Gasteiger charge is -2.37. The van der Waals surface area contributed by atoms with Crippen molar-refractivity contribution in [2.24, 2.45) is 0 Å². The lowest BCUT2D eigenvalue weighted by Crippen LogP contribution is -2.36. The number of benzene rings is 1. The quantitative estimate of drug-likeness (QED) is 0.906. The fourth-order valence-electron chi connectivity index (χ4n) is 3.20. The van der Waals surface area contributed by atoms with Gasteiger partial charge in [0, 0.05) is 0 Å². The molecule has 1 aliphatic carbocycles. The van der Waals surface area contributed by atoms with Crippen molar-refractivity contribution in [1.29, 1.82) is 0 Å². The Morgan fingerprint density at radius 3 is 2.87 bits per heavy atom. The highest BCUT2D eigenvalue weighted by Crippen LogP contribution is 2.41. The number of hydrogen-bond acceptors (Lipinski definition) is 3. The minimum absolute atomic E-state index is 0.0157. The molecule has 1 aliphatic rings. The van der Waals surface area contributed by atoms with Gasteiger partial charge in [-0.05, 0) is 36.3 Å². The van der Waals surface area contributed by atoms with Gasteiger partial charge in [-0.25, -0.2) is 9.97 Å². The first-order valence-corrected chi connectivity index (χ1v) is 8.16. The molecule has 0 spiro atoms. The van der Waals surface area contributed by atoms with Gasteiger partial charge in [-0.15, -0.1) is 0 Å². The van der Waals surface area contributed by atoms with Crippen LogP contribution in [-0.4, -0.2) is 15.9 Å². The molecule has 0 unspecified atom stereocenters. The number of fused-ring (bicyclic) bond motifs is 1. The SMILES string of the molecule is Cc1ncc(Cl)c(C(=O)N[C@@H]2CCC(C)(C)c3ccccc32)n1. The van der Waals surface area contributed by atoms with Crippen LogP contribution >= 0.6 is 11.6 Å². The number of nitrogens with one attached hydrogen (secondary N) is 1. The van der Waals surface area contributed by atoms with E-state index in [-0.39, 0.29) is 28.1 Å². The predicted molar refractivity (Wildman–Crippen MR) is 90.7 cm³/mol. The minimum Gasteiger partial charge on any atom is -0.344 e. The molecule has 1 aromatic carbocycles. The normalized spacial score (nSPS) is 19.0. The van der Waals surface area contributed by atoms with Crippen molar-refractivity contribution in [3.8, 4) is 0 Å². The van der Waals surface area contributed by atoms with Gasteiger partial charge in [-0.3, -0.25) is 4.79 Å². The third-order valence-electron chi connectivity index (χ3n) is 4.51. The summed E-state index contributed by atoms with van der Waals surface area (Å²) in [6, 6.07) is 8.29. The van der Waals surface area contributed by atoms with E-state index in [9.17, 15) is 4.79 Å². The number of carbonyl (C=O) groups excluding carboxylic acids is 1. The molecule has 1 amide bonds. The second-order valence-electron chi connectivity index (χ2n) is 6.65. The zero-order valence-electron chi connectivity index (χ0n) is 13.6. The Kier molecular flexibility index (Phi) is 4.11. The molecule has 120 valence electrons. The molecule has 0 fully saturated rings. The van der Waals surface area contributed by atoms with E-state index in [0.29, 0.717) is 5.82 Å². The first-order valence-electron chi connectivity index (χ1n) is 7.78. The second kappa shape index (κ2) is 5.93. The average Bonchev–Trinajstić information content (AvgIpc) is 2.53. The van der Waals surface area contributed by atoms with Crippen molar-refractivity contribution in [3.63, 3.8) is 0 Å². The van der Waals surface area contributed by atoms with Crippen molar-refractivity contribution >= 4 is 17.5 Å². The van der Waals surface area contributed by atoms with E-state index in [2.05, 4.69) is 47.3 Å². The third-order valence-corrected chi connectivity index (χ3v) is 4.78. The molecule has 0 saturated heterocycles. The van der Waals surface area contributed by atoms with E-state index in [1.54, 1.807) is 6.92 Å². The Morgan fingerprint density at radius 1 is 1.35 bits per heavy atom. The van der Waals surface area contributed by atoms with Gasteiger partial charge in [0.05, 0.1) is 17.3 Å². The lowest BCUT2D eigenvalue weighted by molar-refractivity contribution is 0.0924. The Morgan fingerprint density at radius 2 is 2.09 bits per heavy atom. The molecular formula is C18H20ClN3O. The van der Waals surface area contributed by atoms with Gasteiger partial charge < -0.3 is 5.32 Å². The van der Waals surface area contributed by atoms with E-state index < -0.39 is 0 Å². The predicted octanol–water partition coefficient (Wildman–Crippen LogP) is 3.98. The summed E-state index contributed by atoms with van der Waals surface area (Å²) in [4.78, 5) is 20.7. The Hall–Kier alpha value is -1.94. The summed E-state index contributed by atoms with van der Waals surface area (Å²) in [5.41, 5.74) is 2.84. The van der Waals surface area contributed by atoms with Crippen LogP contribution < -0.4 is 5.32 Å². The minimum atomic E-state index is -0.250. The van der Waals surface area contributed by atoms with Crippen LogP contribution in [0.15, 0.2) is 30.5 Å². The third kappa shape index (κ3) is 3.08. The molecule has 3 rings (SSSR count). The van der Waals surface area contributed by atoms with E-state index in [0.717, 1.165) is 12.8 Å². The van der Waals surface area contributed by atoms with Crippen LogP contribution in [0.2, 0.25) is 5.02 Å². The van der Waals surface area contributed by atoms with Crippen LogP contribution in [0.1, 0.15) is 60.2 Å². The van der Waals surface area contributed by atoms with Gasteiger partial charge in [0.2, 0.25) is 0 Å². The fourth-order valence-corrected chi connectivity index (χ4v) is 3.38. The summed E-state index contributed by atoms with van der Waals surface area (Å²) in [5, 5.41) is 3.36. The molecule has 1 atom stereocenters. The molecule has 0 saturated carbocycles. The molecule has 1 heterocycles. The summed E-state index contributed by atoms with van der Waals surface area (Å²) in [5.74, 6) is 0.282. The van der Waals surface area contributed by atoms with Crippen LogP contribution in [-0.2, 0) is 5.41 Å². The lowest BCUT2D eigenvalue weighted by atomic mass is 9.71. The van der Waals surface area contributed by atoms with Gasteiger partial charge in [0.15, 0.2) is 0 Å². The molecule has 23 heavy (non-hydrogen) atoms. The Bertz CT molecular complexity index is 758. The molecule has 2 aromatic rings. The average molecular weight is 330 g/mol. The van der Waals surface area contributed by atoms with Crippen molar-refractivity contribution < 1.29 is 4.79 Å². The molecular weight excluding hydrogens is 310 g/mol. The number of halogens is 1. The number of nitrogens with zero attached hydrogens (tertiary/aromatic N) is 2. The van der Waals surface area contributed by atoms with Gasteiger partial charge in [0.1, 0.15) is 11.5 Å². The highest BCUT2D eigenvalue weighted by molar-refractivity contribution is 6.33. The van der Waals surface area contributed by atoms with Crippen LogP contribution in [0.25, 0.3) is 0 Å². The number of carbonyl (C=O) groups is 1. The van der Waals surface area contributed by atoms with E-state index >= 15 is 0 Å². The summed E-state index contributed by atoms with van der Waals surface area (Å²) in [6.07, 6.45) is 3.39. The maximum atomic E-state index is 12.6. The first kappa shape index (κ1) is 15.9. The number of amides is 1. The van der Waals surface area contributed by atoms with Crippen molar-refractivity contribution in [1.82, 2.24) is 15.3 Å². The topological polar surface area (TPSA) is 54.9 Å². The van der Waals surface area contributed by atoms with Crippen LogP contribution in [0.5, 0.6) is 0 Å². The van der Waals surface area contributed by atoms with Crippen LogP contribution in [0.3, 0.4) is 0 Å². The highest BCUT2D eigenvalue weighted by Gasteiger charge is 2.33. The molecule has 4 nitrogen and oxygen atoms in total. The van der Waals surface area contributed by atoms with E-state index in [4.69, 9.17) is 11.6 Å². The molecule has 1 N–H and O–H groups in total. The first-order chi connectivity index (χ1) is 10.9.